The number of nitrogens with zero attached hydrogens (tertiary/aromatic N) is 2. The molecule has 0 aliphatic rings. The molecule has 3 aromatic rings. The Morgan fingerprint density at radius 2 is 1.86 bits per heavy atom. The second-order valence-electron chi connectivity index (χ2n) is 6.58. The van der Waals surface area contributed by atoms with E-state index in [1.54, 1.807) is 37.3 Å². The van der Waals surface area contributed by atoms with Gasteiger partial charge in [0, 0.05) is 31.6 Å². The van der Waals surface area contributed by atoms with Gasteiger partial charge in [0.25, 0.3) is 11.5 Å². The summed E-state index contributed by atoms with van der Waals surface area (Å²) in [6.07, 6.45) is 1.54. The zero-order valence-electron chi connectivity index (χ0n) is 15.9. The molecular weight excluding hydrogens is 375 g/mol. The van der Waals surface area contributed by atoms with Crippen molar-refractivity contribution >= 4 is 22.7 Å². The van der Waals surface area contributed by atoms with Gasteiger partial charge in [-0.3, -0.25) is 19.0 Å². The monoisotopic (exact) mass is 396 g/mol. The van der Waals surface area contributed by atoms with E-state index >= 15 is 0 Å². The molecule has 2 aromatic carbocycles. The number of halogens is 1. The van der Waals surface area contributed by atoms with Crippen LogP contribution in [-0.4, -0.2) is 34.5 Å². The summed E-state index contributed by atoms with van der Waals surface area (Å²) in [5, 5.41) is 5.80. The summed E-state index contributed by atoms with van der Waals surface area (Å²) in [6.45, 7) is 2.26. The summed E-state index contributed by atoms with van der Waals surface area (Å²) < 4.78 is 14.9. The van der Waals surface area contributed by atoms with Crippen LogP contribution in [0.2, 0.25) is 0 Å². The Bertz CT molecular complexity index is 1110. The van der Waals surface area contributed by atoms with Crippen LogP contribution in [0.5, 0.6) is 0 Å². The number of carbonyl (C=O) groups excluding carboxylic acids is 2. The van der Waals surface area contributed by atoms with E-state index in [0.29, 0.717) is 16.5 Å². The number of aryl methyl sites for hydroxylation is 2. The summed E-state index contributed by atoms with van der Waals surface area (Å²) >= 11 is 0. The molecule has 0 radical (unpaired) electrons. The zero-order valence-corrected chi connectivity index (χ0v) is 15.9. The van der Waals surface area contributed by atoms with Gasteiger partial charge in [-0.25, -0.2) is 9.37 Å². The first-order chi connectivity index (χ1) is 14.0. The lowest BCUT2D eigenvalue weighted by Crippen LogP contribution is -2.35. The number of hydrogen-bond donors (Lipinski definition) is 2. The van der Waals surface area contributed by atoms with Crippen LogP contribution in [0.1, 0.15) is 22.3 Å². The lowest BCUT2D eigenvalue weighted by atomic mass is 10.1. The zero-order chi connectivity index (χ0) is 20.8. The first-order valence-corrected chi connectivity index (χ1v) is 9.21. The first-order valence-electron chi connectivity index (χ1n) is 9.21. The number of amides is 2. The van der Waals surface area contributed by atoms with Crippen LogP contribution in [-0.2, 0) is 11.3 Å². The molecule has 7 nitrogen and oxygen atoms in total. The van der Waals surface area contributed by atoms with Crippen LogP contribution >= 0.6 is 0 Å². The van der Waals surface area contributed by atoms with E-state index in [1.165, 1.54) is 23.0 Å². The van der Waals surface area contributed by atoms with E-state index in [-0.39, 0.29) is 43.1 Å². The van der Waals surface area contributed by atoms with Crippen molar-refractivity contribution in [2.45, 2.75) is 19.9 Å². The maximum absolute atomic E-state index is 13.5. The third-order valence-corrected chi connectivity index (χ3v) is 4.48. The summed E-state index contributed by atoms with van der Waals surface area (Å²) in [5.41, 5.74) is 1.11. The summed E-state index contributed by atoms with van der Waals surface area (Å²) in [7, 11) is 0. The summed E-state index contributed by atoms with van der Waals surface area (Å²) in [5.74, 6) is -1.10. The molecule has 2 amide bonds. The van der Waals surface area contributed by atoms with Crippen LogP contribution in [0.3, 0.4) is 0 Å². The average molecular weight is 396 g/mol. The molecule has 29 heavy (non-hydrogen) atoms. The summed E-state index contributed by atoms with van der Waals surface area (Å²) in [6, 6.07) is 11.3. The normalized spacial score (nSPS) is 10.7. The lowest BCUT2D eigenvalue weighted by Gasteiger charge is -2.09. The van der Waals surface area contributed by atoms with Crippen molar-refractivity contribution in [1.82, 2.24) is 20.2 Å². The molecule has 0 aliphatic carbocycles. The Morgan fingerprint density at radius 1 is 1.10 bits per heavy atom. The molecular formula is C21H21FN4O3. The van der Waals surface area contributed by atoms with Gasteiger partial charge in [0.05, 0.1) is 17.2 Å². The number of benzene rings is 2. The van der Waals surface area contributed by atoms with Crippen LogP contribution in [0.4, 0.5) is 4.39 Å². The lowest BCUT2D eigenvalue weighted by molar-refractivity contribution is -0.121. The van der Waals surface area contributed by atoms with Gasteiger partial charge in [0.1, 0.15) is 5.82 Å². The highest BCUT2D eigenvalue weighted by Gasteiger charge is 2.09. The van der Waals surface area contributed by atoms with Crippen molar-refractivity contribution in [3.63, 3.8) is 0 Å². The van der Waals surface area contributed by atoms with Crippen LogP contribution in [0, 0.1) is 12.7 Å². The van der Waals surface area contributed by atoms with Gasteiger partial charge in [0.2, 0.25) is 5.91 Å². The van der Waals surface area contributed by atoms with E-state index in [1.807, 2.05) is 0 Å². The van der Waals surface area contributed by atoms with Crippen LogP contribution < -0.4 is 16.2 Å². The minimum Gasteiger partial charge on any atom is -0.354 e. The molecule has 0 fully saturated rings. The third kappa shape index (κ3) is 5.04. The largest absolute Gasteiger partial charge is 0.354 e. The number of hydrogen-bond acceptors (Lipinski definition) is 4. The number of rotatable bonds is 7. The van der Waals surface area contributed by atoms with E-state index in [2.05, 4.69) is 15.6 Å². The molecule has 8 heteroatoms. The molecule has 3 rings (SSSR count). The highest BCUT2D eigenvalue weighted by Crippen LogP contribution is 2.09. The topological polar surface area (TPSA) is 93.1 Å². The molecule has 0 bridgehead atoms. The molecule has 0 spiro atoms. The van der Waals surface area contributed by atoms with Gasteiger partial charge in [0.15, 0.2) is 0 Å². The SMILES string of the molecule is Cc1ccc(C(=O)NCCNC(=O)CCn2cnc3ccccc3c2=O)cc1F. The number of nitrogens with one attached hydrogen (secondary N) is 2. The predicted octanol–water partition coefficient (Wildman–Crippen LogP) is 1.78. The number of para-hydroxylation sites is 1. The average Bonchev–Trinajstić information content (AvgIpc) is 2.72. The minimum atomic E-state index is -0.440. The number of aromatic nitrogens is 2. The van der Waals surface area contributed by atoms with Crippen LogP contribution in [0.25, 0.3) is 10.9 Å². The van der Waals surface area contributed by atoms with Crippen molar-refractivity contribution < 1.29 is 14.0 Å². The molecule has 1 aromatic heterocycles. The minimum absolute atomic E-state index is 0.108. The molecule has 0 atom stereocenters. The second kappa shape index (κ2) is 9.09. The van der Waals surface area contributed by atoms with Crippen molar-refractivity contribution in [3.05, 3.63) is 76.1 Å². The van der Waals surface area contributed by atoms with Crippen LogP contribution in [0.15, 0.2) is 53.6 Å². The van der Waals surface area contributed by atoms with Crippen molar-refractivity contribution in [1.29, 1.82) is 0 Å². The van der Waals surface area contributed by atoms with Crippen molar-refractivity contribution in [2.24, 2.45) is 0 Å². The molecule has 1 heterocycles. The second-order valence-corrected chi connectivity index (χ2v) is 6.58. The Labute approximate surface area is 166 Å². The Hall–Kier alpha value is -3.55. The van der Waals surface area contributed by atoms with Gasteiger partial charge in [-0.15, -0.1) is 0 Å². The van der Waals surface area contributed by atoms with Gasteiger partial charge in [-0.05, 0) is 36.8 Å². The molecule has 0 unspecified atom stereocenters. The highest BCUT2D eigenvalue weighted by molar-refractivity contribution is 5.94. The van der Waals surface area contributed by atoms with E-state index in [9.17, 15) is 18.8 Å². The Kier molecular flexibility index (Phi) is 6.33. The number of fused-ring (bicyclic) bond motifs is 1. The maximum atomic E-state index is 13.5. The first kappa shape index (κ1) is 20.2. The fraction of sp³-hybridized carbons (Fsp3) is 0.238. The van der Waals surface area contributed by atoms with E-state index in [4.69, 9.17) is 0 Å². The highest BCUT2D eigenvalue weighted by atomic mass is 19.1. The van der Waals surface area contributed by atoms with Gasteiger partial charge >= 0.3 is 0 Å². The molecule has 0 saturated heterocycles. The Balaban J connectivity index is 1.43. The smallest absolute Gasteiger partial charge is 0.261 e. The number of carbonyl (C=O) groups is 2. The van der Waals surface area contributed by atoms with Gasteiger partial charge in [-0.1, -0.05) is 18.2 Å². The van der Waals surface area contributed by atoms with Gasteiger partial charge in [-0.2, -0.15) is 0 Å². The molecule has 150 valence electrons. The fourth-order valence-corrected chi connectivity index (χ4v) is 2.79. The standard InChI is InChI=1S/C21H21FN4O3/c1-14-6-7-15(12-17(14)22)20(28)24-10-9-23-19(27)8-11-26-13-25-18-5-3-2-4-16(18)21(26)29/h2-7,12-13H,8-11H2,1H3,(H,23,27)(H,24,28). The van der Waals surface area contributed by atoms with Gasteiger partial charge < -0.3 is 10.6 Å². The Morgan fingerprint density at radius 3 is 2.66 bits per heavy atom. The molecule has 2 N–H and O–H groups in total. The quantitative estimate of drug-likeness (QED) is 0.596. The molecule has 0 saturated carbocycles. The van der Waals surface area contributed by atoms with Crippen molar-refractivity contribution in [2.75, 3.05) is 13.1 Å². The third-order valence-electron chi connectivity index (χ3n) is 4.48. The fourth-order valence-electron chi connectivity index (χ4n) is 2.79. The van der Waals surface area contributed by atoms with E-state index in [0.717, 1.165) is 0 Å². The van der Waals surface area contributed by atoms with Crippen molar-refractivity contribution in [3.8, 4) is 0 Å². The molecule has 0 aliphatic heterocycles. The summed E-state index contributed by atoms with van der Waals surface area (Å²) in [4.78, 5) is 40.5. The predicted molar refractivity (Wildman–Crippen MR) is 107 cm³/mol. The van der Waals surface area contributed by atoms with E-state index < -0.39 is 11.7 Å². The maximum Gasteiger partial charge on any atom is 0.261 e.